The standard InChI is InChI=1S/C27H30N4O5S2/c1-3-21(17-18-8-7-9-20(16-18)25(28)30-26(32)37-4-2)31(27(33)34)22-14-12-19(13-15-22)23-10-5-6-11-24(23)38(29,35)36/h5-16,21H,3-4,17H2,1-2H3,(H,33,34)(H2,28,30,32)(H2,29,35,36). The topological polar surface area (TPSA) is 154 Å². The van der Waals surface area contributed by atoms with Crippen LogP contribution in [0.5, 0.6) is 0 Å². The molecule has 3 aromatic rings. The van der Waals surface area contributed by atoms with E-state index in [4.69, 9.17) is 10.5 Å². The van der Waals surface area contributed by atoms with Crippen molar-refractivity contribution in [3.63, 3.8) is 0 Å². The number of nitrogens with one attached hydrogen (secondary N) is 2. The second kappa shape index (κ2) is 12.7. The summed E-state index contributed by atoms with van der Waals surface area (Å²) >= 11 is 1.08. The van der Waals surface area contributed by atoms with Gasteiger partial charge in [-0.25, -0.2) is 18.4 Å². The van der Waals surface area contributed by atoms with Crippen molar-refractivity contribution in [3.8, 4) is 11.1 Å². The molecule has 5 N–H and O–H groups in total. The zero-order chi connectivity index (χ0) is 27.9. The SMILES string of the molecule is CCSC(=O)NC(=N)c1cccc(CC(CC)N(C(=O)O)c2ccc(-c3ccccc3S(N)(=O)=O)cc2)c1. The second-order valence-electron chi connectivity index (χ2n) is 8.43. The normalized spacial score (nSPS) is 12.0. The molecule has 0 aliphatic carbocycles. The highest BCUT2D eigenvalue weighted by molar-refractivity contribution is 8.13. The average Bonchev–Trinajstić information content (AvgIpc) is 2.88. The Morgan fingerprint density at radius 2 is 1.74 bits per heavy atom. The van der Waals surface area contributed by atoms with Gasteiger partial charge in [0, 0.05) is 22.9 Å². The predicted octanol–water partition coefficient (Wildman–Crippen LogP) is 5.29. The van der Waals surface area contributed by atoms with Crippen molar-refractivity contribution in [2.45, 2.75) is 37.6 Å². The fraction of sp³-hybridized carbons (Fsp3) is 0.222. The maximum absolute atomic E-state index is 12.3. The third-order valence-electron chi connectivity index (χ3n) is 5.88. The van der Waals surface area contributed by atoms with Crippen molar-refractivity contribution in [1.82, 2.24) is 5.32 Å². The highest BCUT2D eigenvalue weighted by Gasteiger charge is 2.25. The lowest BCUT2D eigenvalue weighted by Crippen LogP contribution is -2.40. The number of hydrogen-bond donors (Lipinski definition) is 4. The van der Waals surface area contributed by atoms with E-state index in [9.17, 15) is 23.1 Å². The molecule has 200 valence electrons. The van der Waals surface area contributed by atoms with Gasteiger partial charge in [0.05, 0.1) is 4.90 Å². The van der Waals surface area contributed by atoms with Crippen LogP contribution in [0.4, 0.5) is 15.3 Å². The minimum absolute atomic E-state index is 0.01000. The van der Waals surface area contributed by atoms with Crippen molar-refractivity contribution in [3.05, 3.63) is 83.9 Å². The molecule has 0 bridgehead atoms. The number of primary sulfonamides is 1. The van der Waals surface area contributed by atoms with Gasteiger partial charge >= 0.3 is 6.09 Å². The van der Waals surface area contributed by atoms with Gasteiger partial charge < -0.3 is 10.4 Å². The number of nitrogens with zero attached hydrogens (tertiary/aromatic N) is 1. The summed E-state index contributed by atoms with van der Waals surface area (Å²) in [6.45, 7) is 3.75. The Hall–Kier alpha value is -3.67. The molecule has 0 aliphatic heterocycles. The van der Waals surface area contributed by atoms with Gasteiger partial charge in [0.2, 0.25) is 10.0 Å². The number of sulfonamides is 1. The fourth-order valence-corrected chi connectivity index (χ4v) is 5.31. The van der Waals surface area contributed by atoms with Gasteiger partial charge in [0.15, 0.2) is 0 Å². The third-order valence-corrected chi connectivity index (χ3v) is 7.50. The molecule has 1 atom stereocenters. The monoisotopic (exact) mass is 554 g/mol. The average molecular weight is 555 g/mol. The first-order valence-corrected chi connectivity index (χ1v) is 14.4. The number of amidine groups is 1. The second-order valence-corrected chi connectivity index (χ2v) is 11.2. The van der Waals surface area contributed by atoms with Crippen molar-refractivity contribution < 1.29 is 23.1 Å². The van der Waals surface area contributed by atoms with E-state index in [0.717, 1.165) is 17.3 Å². The molecular weight excluding hydrogens is 524 g/mol. The molecule has 2 amide bonds. The van der Waals surface area contributed by atoms with Crippen molar-refractivity contribution in [2.24, 2.45) is 5.14 Å². The van der Waals surface area contributed by atoms with Gasteiger partial charge in [-0.15, -0.1) is 0 Å². The Balaban J connectivity index is 1.86. The number of rotatable bonds is 9. The third kappa shape index (κ3) is 7.21. The van der Waals surface area contributed by atoms with Crippen LogP contribution in [-0.4, -0.2) is 42.5 Å². The van der Waals surface area contributed by atoms with Crippen LogP contribution in [0.1, 0.15) is 31.4 Å². The highest BCUT2D eigenvalue weighted by atomic mass is 32.2. The molecule has 0 saturated heterocycles. The van der Waals surface area contributed by atoms with E-state index >= 15 is 0 Å². The van der Waals surface area contributed by atoms with Gasteiger partial charge in [-0.2, -0.15) is 0 Å². The Kier molecular flexibility index (Phi) is 9.67. The summed E-state index contributed by atoms with van der Waals surface area (Å²) in [7, 11) is -3.94. The molecule has 0 radical (unpaired) electrons. The first-order valence-electron chi connectivity index (χ1n) is 11.9. The van der Waals surface area contributed by atoms with Crippen LogP contribution in [0.3, 0.4) is 0 Å². The summed E-state index contributed by atoms with van der Waals surface area (Å²) < 4.78 is 24.0. The van der Waals surface area contributed by atoms with Crippen LogP contribution in [0.25, 0.3) is 11.1 Å². The summed E-state index contributed by atoms with van der Waals surface area (Å²) in [5.41, 5.74) is 2.81. The lowest BCUT2D eigenvalue weighted by molar-refractivity contribution is 0.198. The van der Waals surface area contributed by atoms with Gasteiger partial charge in [0.25, 0.3) is 5.24 Å². The molecular formula is C27H30N4O5S2. The maximum atomic E-state index is 12.3. The highest BCUT2D eigenvalue weighted by Crippen LogP contribution is 2.30. The number of nitrogens with two attached hydrogens (primary N) is 1. The maximum Gasteiger partial charge on any atom is 0.412 e. The number of anilines is 1. The minimum Gasteiger partial charge on any atom is -0.465 e. The zero-order valence-electron chi connectivity index (χ0n) is 21.0. The summed E-state index contributed by atoms with van der Waals surface area (Å²) in [4.78, 5) is 25.5. The van der Waals surface area contributed by atoms with Crippen molar-refractivity contribution >= 4 is 44.6 Å². The Morgan fingerprint density at radius 1 is 1.05 bits per heavy atom. The first-order chi connectivity index (χ1) is 18.0. The van der Waals surface area contributed by atoms with E-state index in [0.29, 0.717) is 41.0 Å². The first kappa shape index (κ1) is 28.9. The Labute approximate surface area is 226 Å². The van der Waals surface area contributed by atoms with Crippen LogP contribution < -0.4 is 15.4 Å². The molecule has 3 rings (SSSR count). The summed E-state index contributed by atoms with van der Waals surface area (Å²) in [6, 6.07) is 19.7. The van der Waals surface area contributed by atoms with E-state index in [1.165, 1.54) is 11.0 Å². The molecule has 0 aromatic heterocycles. The molecule has 0 spiro atoms. The molecule has 0 heterocycles. The molecule has 0 saturated carbocycles. The fourth-order valence-electron chi connectivity index (χ4n) is 4.12. The minimum atomic E-state index is -3.94. The quantitative estimate of drug-likeness (QED) is 0.208. The number of hydrogen-bond acceptors (Lipinski definition) is 6. The molecule has 1 unspecified atom stereocenters. The number of carbonyl (C=O) groups excluding carboxylic acids is 1. The molecule has 0 aliphatic rings. The summed E-state index contributed by atoms with van der Waals surface area (Å²) in [6.07, 6.45) is -0.215. The Morgan fingerprint density at radius 3 is 2.34 bits per heavy atom. The van der Waals surface area contributed by atoms with Crippen molar-refractivity contribution in [2.75, 3.05) is 10.7 Å². The van der Waals surface area contributed by atoms with E-state index < -0.39 is 22.2 Å². The molecule has 3 aromatic carbocycles. The van der Waals surface area contributed by atoms with Crippen LogP contribution in [0.15, 0.2) is 77.7 Å². The summed E-state index contributed by atoms with van der Waals surface area (Å²) in [5, 5.41) is 25.9. The van der Waals surface area contributed by atoms with E-state index in [-0.39, 0.29) is 16.0 Å². The molecule has 9 nitrogen and oxygen atoms in total. The Bertz CT molecular complexity index is 1430. The van der Waals surface area contributed by atoms with E-state index in [1.54, 1.807) is 60.7 Å². The van der Waals surface area contributed by atoms with Crippen LogP contribution in [0, 0.1) is 5.41 Å². The zero-order valence-corrected chi connectivity index (χ0v) is 22.7. The van der Waals surface area contributed by atoms with Crippen molar-refractivity contribution in [1.29, 1.82) is 5.41 Å². The van der Waals surface area contributed by atoms with Gasteiger partial charge in [0.1, 0.15) is 5.84 Å². The van der Waals surface area contributed by atoms with E-state index in [1.807, 2.05) is 19.9 Å². The largest absolute Gasteiger partial charge is 0.465 e. The predicted molar refractivity (Wildman–Crippen MR) is 151 cm³/mol. The number of carboxylic acid groups (broad SMARTS) is 1. The molecule has 38 heavy (non-hydrogen) atoms. The summed E-state index contributed by atoms with van der Waals surface area (Å²) in [5.74, 6) is 0.582. The van der Waals surface area contributed by atoms with Gasteiger partial charge in [-0.1, -0.05) is 74.1 Å². The van der Waals surface area contributed by atoms with E-state index in [2.05, 4.69) is 5.32 Å². The lowest BCUT2D eigenvalue weighted by Gasteiger charge is -2.29. The van der Waals surface area contributed by atoms with Crippen LogP contribution >= 0.6 is 11.8 Å². The van der Waals surface area contributed by atoms with Crippen LogP contribution in [0.2, 0.25) is 0 Å². The van der Waals surface area contributed by atoms with Crippen LogP contribution in [-0.2, 0) is 16.4 Å². The molecule has 0 fully saturated rings. The smallest absolute Gasteiger partial charge is 0.412 e. The van der Waals surface area contributed by atoms with Gasteiger partial charge in [-0.05, 0) is 54.0 Å². The lowest BCUT2D eigenvalue weighted by atomic mass is 9.99. The number of amides is 2. The number of carbonyl (C=O) groups is 2. The number of thioether (sulfide) groups is 1. The van der Waals surface area contributed by atoms with Gasteiger partial charge in [-0.3, -0.25) is 15.1 Å². The number of benzene rings is 3. The molecule has 11 heteroatoms.